The van der Waals surface area contributed by atoms with E-state index in [-0.39, 0.29) is 18.9 Å². The normalized spacial score (nSPS) is 10.9. The van der Waals surface area contributed by atoms with Crippen LogP contribution in [-0.2, 0) is 0 Å². The van der Waals surface area contributed by atoms with Crippen molar-refractivity contribution in [2.24, 2.45) is 0 Å². The predicted molar refractivity (Wildman–Crippen MR) is 114 cm³/mol. The number of aromatic nitrogens is 3. The van der Waals surface area contributed by atoms with Crippen molar-refractivity contribution in [3.8, 4) is 22.8 Å². The summed E-state index contributed by atoms with van der Waals surface area (Å²) in [4.78, 5) is 18.9. The SMILES string of the molecule is Cc1cc(-c2cnc(Nc3cc(OCCO)ccc3C)o2)cc(-n2cc[nH]c2=O)c1. The number of hydrogen-bond acceptors (Lipinski definition) is 6. The molecule has 0 aliphatic carbocycles. The summed E-state index contributed by atoms with van der Waals surface area (Å²) >= 11 is 0. The smallest absolute Gasteiger partial charge is 0.330 e. The molecule has 0 spiro atoms. The number of aliphatic hydroxyl groups is 1. The van der Waals surface area contributed by atoms with Crippen LogP contribution in [-0.4, -0.2) is 32.9 Å². The second-order valence-electron chi connectivity index (χ2n) is 6.90. The van der Waals surface area contributed by atoms with Crippen molar-refractivity contribution in [2.75, 3.05) is 18.5 Å². The molecule has 3 N–H and O–H groups in total. The largest absolute Gasteiger partial charge is 0.491 e. The Morgan fingerprint density at radius 1 is 1.23 bits per heavy atom. The van der Waals surface area contributed by atoms with Gasteiger partial charge in [0, 0.05) is 29.7 Å². The number of aliphatic hydroxyl groups excluding tert-OH is 1. The van der Waals surface area contributed by atoms with E-state index >= 15 is 0 Å². The molecule has 0 radical (unpaired) electrons. The molecule has 30 heavy (non-hydrogen) atoms. The average Bonchev–Trinajstić information content (AvgIpc) is 3.37. The van der Waals surface area contributed by atoms with Crippen LogP contribution in [0.15, 0.2) is 64.2 Å². The predicted octanol–water partition coefficient (Wildman–Crippen LogP) is 3.55. The fourth-order valence-electron chi connectivity index (χ4n) is 3.14. The van der Waals surface area contributed by atoms with Crippen LogP contribution in [0.3, 0.4) is 0 Å². The van der Waals surface area contributed by atoms with Gasteiger partial charge in [0.2, 0.25) is 0 Å². The van der Waals surface area contributed by atoms with E-state index in [9.17, 15) is 4.79 Å². The van der Waals surface area contributed by atoms with Gasteiger partial charge in [0.15, 0.2) is 5.76 Å². The Morgan fingerprint density at radius 3 is 2.87 bits per heavy atom. The van der Waals surface area contributed by atoms with Gasteiger partial charge < -0.3 is 24.6 Å². The highest BCUT2D eigenvalue weighted by Crippen LogP contribution is 2.29. The third-order valence-corrected chi connectivity index (χ3v) is 4.59. The number of aryl methyl sites for hydroxylation is 2. The first-order valence-corrected chi connectivity index (χ1v) is 9.49. The van der Waals surface area contributed by atoms with E-state index in [0.717, 1.165) is 28.1 Å². The Hall–Kier alpha value is -3.78. The van der Waals surface area contributed by atoms with Gasteiger partial charge >= 0.3 is 5.69 Å². The summed E-state index contributed by atoms with van der Waals surface area (Å²) in [5.74, 6) is 1.22. The van der Waals surface area contributed by atoms with E-state index in [1.165, 1.54) is 4.57 Å². The molecule has 8 heteroatoms. The number of nitrogens with zero attached hydrogens (tertiary/aromatic N) is 2. The highest BCUT2D eigenvalue weighted by Gasteiger charge is 2.11. The lowest BCUT2D eigenvalue weighted by atomic mass is 10.1. The van der Waals surface area contributed by atoms with Crippen LogP contribution < -0.4 is 15.7 Å². The summed E-state index contributed by atoms with van der Waals surface area (Å²) in [6.45, 7) is 4.10. The Labute approximate surface area is 172 Å². The minimum absolute atomic E-state index is 0.0485. The number of nitrogens with one attached hydrogen (secondary N) is 2. The van der Waals surface area contributed by atoms with Gasteiger partial charge in [-0.2, -0.15) is 0 Å². The number of benzene rings is 2. The third-order valence-electron chi connectivity index (χ3n) is 4.59. The number of aromatic amines is 1. The zero-order chi connectivity index (χ0) is 21.1. The molecule has 0 atom stereocenters. The Morgan fingerprint density at radius 2 is 2.10 bits per heavy atom. The van der Waals surface area contributed by atoms with Gasteiger partial charge in [0.25, 0.3) is 6.01 Å². The van der Waals surface area contributed by atoms with Gasteiger partial charge in [-0.1, -0.05) is 6.07 Å². The molecule has 0 amide bonds. The number of anilines is 2. The molecule has 0 unspecified atom stereocenters. The number of oxazole rings is 1. The van der Waals surface area contributed by atoms with Crippen LogP contribution in [0.1, 0.15) is 11.1 Å². The summed E-state index contributed by atoms with van der Waals surface area (Å²) in [7, 11) is 0. The molecule has 0 saturated carbocycles. The van der Waals surface area contributed by atoms with Crippen molar-refractivity contribution in [1.82, 2.24) is 14.5 Å². The number of hydrogen-bond donors (Lipinski definition) is 3. The zero-order valence-corrected chi connectivity index (χ0v) is 16.7. The fraction of sp³-hybridized carbons (Fsp3) is 0.182. The van der Waals surface area contributed by atoms with Crippen LogP contribution in [0.4, 0.5) is 11.7 Å². The van der Waals surface area contributed by atoms with Crippen molar-refractivity contribution >= 4 is 11.7 Å². The van der Waals surface area contributed by atoms with E-state index in [0.29, 0.717) is 17.5 Å². The molecule has 0 fully saturated rings. The van der Waals surface area contributed by atoms with Gasteiger partial charge in [0.05, 0.1) is 18.5 Å². The standard InChI is InChI=1S/C22H22N4O4/c1-14-9-16(11-17(10-14)26-6-5-23-22(26)28)20-13-24-21(30-20)25-19-12-18(29-8-7-27)4-3-15(19)2/h3-6,9-13,27H,7-8H2,1-2H3,(H,23,28)(H,24,25). The van der Waals surface area contributed by atoms with Crippen LogP contribution >= 0.6 is 0 Å². The second-order valence-corrected chi connectivity index (χ2v) is 6.90. The van der Waals surface area contributed by atoms with Gasteiger partial charge in [-0.25, -0.2) is 9.78 Å². The topological polar surface area (TPSA) is 105 Å². The molecule has 0 aliphatic rings. The van der Waals surface area contributed by atoms with Crippen molar-refractivity contribution in [2.45, 2.75) is 13.8 Å². The molecule has 4 aromatic rings. The quantitative estimate of drug-likeness (QED) is 0.433. The molecule has 8 nitrogen and oxygen atoms in total. The number of rotatable bonds is 7. The van der Waals surface area contributed by atoms with Gasteiger partial charge in [-0.15, -0.1) is 0 Å². The van der Waals surface area contributed by atoms with Gasteiger partial charge in [-0.05, 0) is 49.2 Å². The van der Waals surface area contributed by atoms with Crippen LogP contribution in [0.2, 0.25) is 0 Å². The zero-order valence-electron chi connectivity index (χ0n) is 16.7. The third kappa shape index (κ3) is 4.13. The van der Waals surface area contributed by atoms with E-state index in [4.69, 9.17) is 14.3 Å². The molecule has 4 rings (SSSR count). The molecular weight excluding hydrogens is 384 g/mol. The van der Waals surface area contributed by atoms with Crippen molar-refractivity contribution in [3.05, 3.63) is 76.6 Å². The molecule has 0 aliphatic heterocycles. The first kappa shape index (κ1) is 19.5. The molecule has 0 saturated heterocycles. The molecule has 2 aromatic heterocycles. The molecule has 2 aromatic carbocycles. The van der Waals surface area contributed by atoms with Crippen LogP contribution in [0, 0.1) is 13.8 Å². The molecule has 0 bridgehead atoms. The molecule has 154 valence electrons. The lowest BCUT2D eigenvalue weighted by Crippen LogP contribution is -2.14. The Kier molecular flexibility index (Phi) is 5.40. The minimum atomic E-state index is -0.203. The summed E-state index contributed by atoms with van der Waals surface area (Å²) < 4.78 is 12.9. The summed E-state index contributed by atoms with van der Waals surface area (Å²) in [6.07, 6.45) is 4.92. The average molecular weight is 406 g/mol. The summed E-state index contributed by atoms with van der Waals surface area (Å²) in [5, 5.41) is 12.1. The number of imidazole rings is 1. The van der Waals surface area contributed by atoms with Crippen molar-refractivity contribution < 1.29 is 14.3 Å². The highest BCUT2D eigenvalue weighted by atomic mass is 16.5. The molecular formula is C22H22N4O4. The number of ether oxygens (including phenoxy) is 1. The fourth-order valence-corrected chi connectivity index (χ4v) is 3.14. The van der Waals surface area contributed by atoms with E-state index in [1.54, 1.807) is 18.6 Å². The maximum atomic E-state index is 11.9. The van der Waals surface area contributed by atoms with E-state index in [1.807, 2.05) is 50.2 Å². The maximum absolute atomic E-state index is 11.9. The number of H-pyrrole nitrogens is 1. The Bertz CT molecular complexity index is 1220. The second kappa shape index (κ2) is 8.30. The van der Waals surface area contributed by atoms with E-state index in [2.05, 4.69) is 15.3 Å². The lowest BCUT2D eigenvalue weighted by Gasteiger charge is -2.10. The maximum Gasteiger partial charge on any atom is 0.330 e. The van der Waals surface area contributed by atoms with Crippen molar-refractivity contribution in [1.29, 1.82) is 0 Å². The minimum Gasteiger partial charge on any atom is -0.491 e. The van der Waals surface area contributed by atoms with Crippen LogP contribution in [0.25, 0.3) is 17.0 Å². The molecule has 2 heterocycles. The van der Waals surface area contributed by atoms with Crippen molar-refractivity contribution in [3.63, 3.8) is 0 Å². The Balaban J connectivity index is 1.60. The monoisotopic (exact) mass is 406 g/mol. The summed E-state index contributed by atoms with van der Waals surface area (Å²) in [6, 6.07) is 11.7. The first-order valence-electron chi connectivity index (χ1n) is 9.49. The van der Waals surface area contributed by atoms with Gasteiger partial charge in [0.1, 0.15) is 12.4 Å². The van der Waals surface area contributed by atoms with Crippen LogP contribution in [0.5, 0.6) is 5.75 Å². The first-order chi connectivity index (χ1) is 14.5. The lowest BCUT2D eigenvalue weighted by molar-refractivity contribution is 0.201. The van der Waals surface area contributed by atoms with Gasteiger partial charge in [-0.3, -0.25) is 4.57 Å². The summed E-state index contributed by atoms with van der Waals surface area (Å²) in [5.41, 5.74) is 4.14. The van der Waals surface area contributed by atoms with E-state index < -0.39 is 0 Å². The highest BCUT2D eigenvalue weighted by molar-refractivity contribution is 5.65.